The molecule has 0 radical (unpaired) electrons. The zero-order valence-electron chi connectivity index (χ0n) is 11.3. The van der Waals surface area contributed by atoms with Crippen LogP contribution < -0.4 is 11.1 Å². The Bertz CT molecular complexity index is 311. The second-order valence-corrected chi connectivity index (χ2v) is 5.73. The maximum absolute atomic E-state index is 12.2. The van der Waals surface area contributed by atoms with Crippen molar-refractivity contribution >= 4 is 13.0 Å². The Morgan fingerprint density at radius 1 is 1.42 bits per heavy atom. The molecule has 5 N–H and O–H groups in total. The number of nitrogens with one attached hydrogen (secondary N) is 1. The summed E-state index contributed by atoms with van der Waals surface area (Å²) in [6.07, 6.45) is 3.95. The van der Waals surface area contributed by atoms with Gasteiger partial charge in [0.1, 0.15) is 0 Å². The molecular formula is C12H24BN3O3. The van der Waals surface area contributed by atoms with Crippen LogP contribution in [0.1, 0.15) is 25.7 Å². The zero-order chi connectivity index (χ0) is 13.8. The Balaban J connectivity index is 1.77. The third kappa shape index (κ3) is 3.92. The molecule has 2 aliphatic heterocycles. The van der Waals surface area contributed by atoms with Crippen LogP contribution in [-0.2, 0) is 4.79 Å². The van der Waals surface area contributed by atoms with Crippen molar-refractivity contribution in [2.24, 2.45) is 11.7 Å². The average Bonchev–Trinajstić information content (AvgIpc) is 2.98. The Morgan fingerprint density at radius 3 is 2.84 bits per heavy atom. The molecular weight excluding hydrogens is 245 g/mol. The zero-order valence-corrected chi connectivity index (χ0v) is 11.3. The minimum absolute atomic E-state index is 0.0150. The van der Waals surface area contributed by atoms with Gasteiger partial charge in [0.2, 0.25) is 5.91 Å². The number of likely N-dealkylation sites (tertiary alicyclic amines) is 1. The normalized spacial score (nSPS) is 30.9. The Kier molecular flexibility index (Phi) is 5.21. The molecule has 0 aromatic carbocycles. The lowest BCUT2D eigenvalue weighted by Gasteiger charge is -2.20. The summed E-state index contributed by atoms with van der Waals surface area (Å²) in [4.78, 5) is 14.1. The van der Waals surface area contributed by atoms with Crippen LogP contribution in [0.3, 0.4) is 0 Å². The number of hydrogen-bond acceptors (Lipinski definition) is 5. The number of rotatable bonds is 5. The largest absolute Gasteiger partial charge is 0.451 e. The molecule has 0 aromatic rings. The fourth-order valence-electron chi connectivity index (χ4n) is 3.06. The van der Waals surface area contributed by atoms with Crippen molar-refractivity contribution in [3.05, 3.63) is 0 Å². The quantitative estimate of drug-likeness (QED) is 0.469. The van der Waals surface area contributed by atoms with Crippen LogP contribution in [0.15, 0.2) is 0 Å². The van der Waals surface area contributed by atoms with E-state index in [0.29, 0.717) is 19.4 Å². The molecule has 2 aliphatic rings. The van der Waals surface area contributed by atoms with E-state index >= 15 is 0 Å². The van der Waals surface area contributed by atoms with Gasteiger partial charge in [-0.1, -0.05) is 6.42 Å². The van der Waals surface area contributed by atoms with Crippen molar-refractivity contribution in [3.63, 3.8) is 0 Å². The summed E-state index contributed by atoms with van der Waals surface area (Å²) >= 11 is 0. The summed E-state index contributed by atoms with van der Waals surface area (Å²) in [6.45, 7) is 2.26. The Hall–Kier alpha value is -0.625. The number of nitrogens with two attached hydrogens (primary N) is 1. The highest BCUT2D eigenvalue weighted by Gasteiger charge is 2.36. The highest BCUT2D eigenvalue weighted by Crippen LogP contribution is 2.23. The number of amides is 1. The van der Waals surface area contributed by atoms with E-state index in [1.54, 1.807) is 0 Å². The van der Waals surface area contributed by atoms with Crippen LogP contribution in [0.25, 0.3) is 0 Å². The standard InChI is InChI=1S/C12H24BN3O3/c14-10-8-16(12(17)11-4-2-6-15-11)7-9(10)3-1-5-13(18)19/h9-11,15,18-19H,1-8,14H2/t9-,10-,11-/m0/s1. The molecule has 2 saturated heterocycles. The van der Waals surface area contributed by atoms with Crippen molar-refractivity contribution in [1.29, 1.82) is 0 Å². The second kappa shape index (κ2) is 6.70. The summed E-state index contributed by atoms with van der Waals surface area (Å²) in [5.41, 5.74) is 6.08. The number of carbonyl (C=O) groups is 1. The SMILES string of the molecule is N[C@H]1CN(C(=O)[C@@H]2CCCN2)C[C@@H]1CCCB(O)O. The predicted octanol–water partition coefficient (Wildman–Crippen LogP) is -1.22. The summed E-state index contributed by atoms with van der Waals surface area (Å²) in [7, 11) is -1.24. The first-order chi connectivity index (χ1) is 9.08. The lowest BCUT2D eigenvalue weighted by atomic mass is 9.82. The first kappa shape index (κ1) is 14.8. The summed E-state index contributed by atoms with van der Waals surface area (Å²) in [5.74, 6) is 0.460. The maximum atomic E-state index is 12.2. The van der Waals surface area contributed by atoms with E-state index in [4.69, 9.17) is 15.8 Å². The monoisotopic (exact) mass is 269 g/mol. The fourth-order valence-corrected chi connectivity index (χ4v) is 3.06. The molecule has 0 spiro atoms. The topological polar surface area (TPSA) is 98.8 Å². The minimum atomic E-state index is -1.24. The van der Waals surface area contributed by atoms with E-state index in [9.17, 15) is 4.79 Å². The lowest BCUT2D eigenvalue weighted by molar-refractivity contribution is -0.132. The predicted molar refractivity (Wildman–Crippen MR) is 73.3 cm³/mol. The van der Waals surface area contributed by atoms with Gasteiger partial charge in [-0.25, -0.2) is 0 Å². The molecule has 3 atom stereocenters. The van der Waals surface area contributed by atoms with Gasteiger partial charge >= 0.3 is 7.12 Å². The van der Waals surface area contributed by atoms with E-state index in [-0.39, 0.29) is 23.9 Å². The van der Waals surface area contributed by atoms with E-state index in [2.05, 4.69) is 5.32 Å². The average molecular weight is 269 g/mol. The lowest BCUT2D eigenvalue weighted by Crippen LogP contribution is -2.43. The van der Waals surface area contributed by atoms with Gasteiger partial charge in [0.15, 0.2) is 0 Å². The molecule has 7 heteroatoms. The molecule has 0 aromatic heterocycles. The molecule has 2 rings (SSSR count). The summed E-state index contributed by atoms with van der Waals surface area (Å²) in [5, 5.41) is 20.9. The van der Waals surface area contributed by atoms with Crippen LogP contribution in [0, 0.1) is 5.92 Å². The first-order valence-corrected chi connectivity index (χ1v) is 7.22. The second-order valence-electron chi connectivity index (χ2n) is 5.73. The summed E-state index contributed by atoms with van der Waals surface area (Å²) in [6, 6.07) is -0.00796. The third-order valence-electron chi connectivity index (χ3n) is 4.20. The van der Waals surface area contributed by atoms with E-state index in [1.165, 1.54) is 0 Å². The molecule has 2 fully saturated rings. The van der Waals surface area contributed by atoms with Crippen molar-refractivity contribution in [2.45, 2.75) is 44.1 Å². The van der Waals surface area contributed by atoms with Gasteiger partial charge < -0.3 is 26.0 Å². The molecule has 2 heterocycles. The molecule has 19 heavy (non-hydrogen) atoms. The van der Waals surface area contributed by atoms with Gasteiger partial charge in [0, 0.05) is 19.1 Å². The third-order valence-corrected chi connectivity index (χ3v) is 4.20. The fraction of sp³-hybridized carbons (Fsp3) is 0.917. The van der Waals surface area contributed by atoms with Crippen LogP contribution in [0.4, 0.5) is 0 Å². The summed E-state index contributed by atoms with van der Waals surface area (Å²) < 4.78 is 0. The van der Waals surface area contributed by atoms with Crippen molar-refractivity contribution in [3.8, 4) is 0 Å². The molecule has 6 nitrogen and oxygen atoms in total. The van der Waals surface area contributed by atoms with Gasteiger partial charge in [-0.05, 0) is 38.0 Å². The van der Waals surface area contributed by atoms with Gasteiger partial charge in [-0.15, -0.1) is 0 Å². The van der Waals surface area contributed by atoms with E-state index < -0.39 is 7.12 Å². The van der Waals surface area contributed by atoms with E-state index in [1.807, 2.05) is 4.90 Å². The van der Waals surface area contributed by atoms with Gasteiger partial charge in [-0.3, -0.25) is 4.79 Å². The number of nitrogens with zero attached hydrogens (tertiary/aromatic N) is 1. The maximum Gasteiger partial charge on any atom is 0.451 e. The Morgan fingerprint density at radius 2 is 2.21 bits per heavy atom. The molecule has 0 bridgehead atoms. The van der Waals surface area contributed by atoms with E-state index in [0.717, 1.165) is 32.2 Å². The van der Waals surface area contributed by atoms with Gasteiger partial charge in [-0.2, -0.15) is 0 Å². The van der Waals surface area contributed by atoms with Crippen LogP contribution in [0.5, 0.6) is 0 Å². The van der Waals surface area contributed by atoms with Crippen molar-refractivity contribution in [1.82, 2.24) is 10.2 Å². The minimum Gasteiger partial charge on any atom is -0.427 e. The van der Waals surface area contributed by atoms with Crippen LogP contribution in [0.2, 0.25) is 6.32 Å². The number of carbonyl (C=O) groups excluding carboxylic acids is 1. The van der Waals surface area contributed by atoms with Crippen LogP contribution >= 0.6 is 0 Å². The molecule has 108 valence electrons. The van der Waals surface area contributed by atoms with Gasteiger partial charge in [0.25, 0.3) is 0 Å². The van der Waals surface area contributed by atoms with Crippen molar-refractivity contribution < 1.29 is 14.8 Å². The highest BCUT2D eigenvalue weighted by molar-refractivity contribution is 6.40. The van der Waals surface area contributed by atoms with Crippen LogP contribution in [-0.4, -0.2) is 59.7 Å². The Labute approximate surface area is 114 Å². The van der Waals surface area contributed by atoms with Crippen molar-refractivity contribution in [2.75, 3.05) is 19.6 Å². The smallest absolute Gasteiger partial charge is 0.427 e. The highest BCUT2D eigenvalue weighted by atomic mass is 16.4. The van der Waals surface area contributed by atoms with Gasteiger partial charge in [0.05, 0.1) is 6.04 Å². The molecule has 0 aliphatic carbocycles. The molecule has 0 unspecified atom stereocenters. The number of hydrogen-bond donors (Lipinski definition) is 4. The molecule has 0 saturated carbocycles. The first-order valence-electron chi connectivity index (χ1n) is 7.22. The molecule has 1 amide bonds.